The second kappa shape index (κ2) is 6.79. The van der Waals surface area contributed by atoms with Gasteiger partial charge in [-0.1, -0.05) is 15.9 Å². The normalized spacial score (nSPS) is 16.7. The molecule has 0 spiro atoms. The standard InChI is InChI=1S/C20H21BrN2O2/c21-11-13-5-6-23(12-13)18-8-14(9-19(24)15-1-2-15)7-17(10-18)22-20(25)16-3-4-16/h5-8,10,12,15-16H,1-4,9,11H2,(H,22,25). The predicted octanol–water partition coefficient (Wildman–Crippen LogP) is 4.24. The van der Waals surface area contributed by atoms with E-state index < -0.39 is 0 Å². The van der Waals surface area contributed by atoms with E-state index in [0.29, 0.717) is 12.2 Å². The highest BCUT2D eigenvalue weighted by atomic mass is 79.9. The predicted molar refractivity (Wildman–Crippen MR) is 101 cm³/mol. The lowest BCUT2D eigenvalue weighted by molar-refractivity contribution is -0.119. The average Bonchev–Trinajstić information content (AvgIpc) is 3.50. The fourth-order valence-corrected chi connectivity index (χ4v) is 3.35. The smallest absolute Gasteiger partial charge is 0.227 e. The molecule has 0 radical (unpaired) electrons. The minimum atomic E-state index is 0.0882. The molecule has 0 aliphatic heterocycles. The lowest BCUT2D eigenvalue weighted by Crippen LogP contribution is -2.14. The maximum absolute atomic E-state index is 12.2. The van der Waals surface area contributed by atoms with Crippen LogP contribution in [0, 0.1) is 11.8 Å². The highest BCUT2D eigenvalue weighted by Crippen LogP contribution is 2.33. The van der Waals surface area contributed by atoms with Crippen LogP contribution >= 0.6 is 15.9 Å². The third-order valence-corrected chi connectivity index (χ3v) is 5.46. The first-order valence-electron chi connectivity index (χ1n) is 8.83. The van der Waals surface area contributed by atoms with Crippen LogP contribution in [0.25, 0.3) is 5.69 Å². The van der Waals surface area contributed by atoms with E-state index in [2.05, 4.69) is 33.5 Å². The van der Waals surface area contributed by atoms with Gasteiger partial charge < -0.3 is 9.88 Å². The van der Waals surface area contributed by atoms with E-state index in [1.807, 2.05) is 29.0 Å². The lowest BCUT2D eigenvalue weighted by atomic mass is 10.0. The number of carbonyl (C=O) groups excluding carboxylic acids is 2. The van der Waals surface area contributed by atoms with Gasteiger partial charge in [0.2, 0.25) is 5.91 Å². The van der Waals surface area contributed by atoms with Crippen LogP contribution in [0.1, 0.15) is 36.8 Å². The van der Waals surface area contributed by atoms with Gasteiger partial charge in [-0.15, -0.1) is 0 Å². The molecule has 4 nitrogen and oxygen atoms in total. The van der Waals surface area contributed by atoms with Gasteiger partial charge >= 0.3 is 0 Å². The van der Waals surface area contributed by atoms with Crippen LogP contribution in [-0.4, -0.2) is 16.3 Å². The van der Waals surface area contributed by atoms with E-state index in [0.717, 1.165) is 48.0 Å². The van der Waals surface area contributed by atoms with E-state index >= 15 is 0 Å². The van der Waals surface area contributed by atoms with Crippen molar-refractivity contribution in [1.29, 1.82) is 0 Å². The Kier molecular flexibility index (Phi) is 4.50. The van der Waals surface area contributed by atoms with Crippen LogP contribution in [0.4, 0.5) is 5.69 Å². The van der Waals surface area contributed by atoms with E-state index in [1.165, 1.54) is 5.56 Å². The highest BCUT2D eigenvalue weighted by Gasteiger charge is 2.30. The number of rotatable bonds is 7. The van der Waals surface area contributed by atoms with Crippen molar-refractivity contribution in [3.05, 3.63) is 47.8 Å². The SMILES string of the molecule is O=C(Cc1cc(NC(=O)C2CC2)cc(-n2ccc(CBr)c2)c1)C1CC1. The zero-order valence-corrected chi connectivity index (χ0v) is 15.6. The summed E-state index contributed by atoms with van der Waals surface area (Å²) in [7, 11) is 0. The first-order chi connectivity index (χ1) is 12.1. The van der Waals surface area contributed by atoms with Gasteiger partial charge in [-0.3, -0.25) is 9.59 Å². The molecule has 0 atom stereocenters. The molecule has 2 aliphatic carbocycles. The Morgan fingerprint density at radius 2 is 1.84 bits per heavy atom. The van der Waals surface area contributed by atoms with E-state index in [1.54, 1.807) is 0 Å². The zero-order valence-electron chi connectivity index (χ0n) is 14.0. The summed E-state index contributed by atoms with van der Waals surface area (Å²) in [5.74, 6) is 0.807. The summed E-state index contributed by atoms with van der Waals surface area (Å²) in [4.78, 5) is 24.4. The van der Waals surface area contributed by atoms with Crippen molar-refractivity contribution in [1.82, 2.24) is 4.57 Å². The number of Topliss-reactive ketones (excluding diaryl/α,β-unsaturated/α-hetero) is 1. The summed E-state index contributed by atoms with van der Waals surface area (Å²) < 4.78 is 2.04. The monoisotopic (exact) mass is 400 g/mol. The summed E-state index contributed by atoms with van der Waals surface area (Å²) >= 11 is 3.47. The highest BCUT2D eigenvalue weighted by molar-refractivity contribution is 9.08. The lowest BCUT2D eigenvalue weighted by Gasteiger charge is -2.12. The molecule has 4 rings (SSSR count). The largest absolute Gasteiger partial charge is 0.326 e. The molecule has 5 heteroatoms. The number of anilines is 1. The Morgan fingerprint density at radius 1 is 1.08 bits per heavy atom. The van der Waals surface area contributed by atoms with Crippen LogP contribution < -0.4 is 5.32 Å². The molecule has 2 aliphatic rings. The van der Waals surface area contributed by atoms with Crippen LogP contribution in [0.3, 0.4) is 0 Å². The van der Waals surface area contributed by atoms with E-state index in [9.17, 15) is 9.59 Å². The third kappa shape index (κ3) is 4.03. The number of hydrogen-bond donors (Lipinski definition) is 1. The molecule has 130 valence electrons. The van der Waals surface area contributed by atoms with Crippen LogP contribution in [-0.2, 0) is 21.3 Å². The van der Waals surface area contributed by atoms with Crippen LogP contribution in [0.2, 0.25) is 0 Å². The molecule has 2 aromatic rings. The Morgan fingerprint density at radius 3 is 2.48 bits per heavy atom. The summed E-state index contributed by atoms with van der Waals surface area (Å²) in [5.41, 5.74) is 3.90. The number of amides is 1. The molecule has 1 N–H and O–H groups in total. The number of aromatic nitrogens is 1. The molecule has 0 saturated heterocycles. The van der Waals surface area contributed by atoms with Gasteiger partial charge in [0, 0.05) is 47.4 Å². The van der Waals surface area contributed by atoms with Crippen molar-refractivity contribution in [2.24, 2.45) is 11.8 Å². The second-order valence-electron chi connectivity index (χ2n) is 7.13. The number of nitrogens with zero attached hydrogens (tertiary/aromatic N) is 1. The second-order valence-corrected chi connectivity index (χ2v) is 7.69. The van der Waals surface area contributed by atoms with Crippen molar-refractivity contribution in [3.8, 4) is 5.69 Å². The Bertz CT molecular complexity index is 775. The quantitative estimate of drug-likeness (QED) is 0.706. The van der Waals surface area contributed by atoms with Gasteiger partial charge in [-0.05, 0) is 61.1 Å². The fourth-order valence-electron chi connectivity index (χ4n) is 3.02. The number of ketones is 1. The molecule has 2 saturated carbocycles. The fraction of sp³-hybridized carbons (Fsp3) is 0.400. The van der Waals surface area contributed by atoms with Gasteiger partial charge in [0.1, 0.15) is 5.78 Å². The minimum absolute atomic E-state index is 0.0882. The number of hydrogen-bond acceptors (Lipinski definition) is 2. The molecular weight excluding hydrogens is 380 g/mol. The first-order valence-corrected chi connectivity index (χ1v) is 9.95. The molecule has 1 heterocycles. The van der Waals surface area contributed by atoms with Crippen molar-refractivity contribution >= 4 is 33.3 Å². The van der Waals surface area contributed by atoms with Gasteiger partial charge in [0.05, 0.1) is 0 Å². The molecule has 0 bridgehead atoms. The average molecular weight is 401 g/mol. The molecule has 0 unspecified atom stereocenters. The summed E-state index contributed by atoms with van der Waals surface area (Å²) in [6.07, 6.45) is 8.51. The van der Waals surface area contributed by atoms with Gasteiger partial charge in [0.25, 0.3) is 0 Å². The van der Waals surface area contributed by atoms with Gasteiger partial charge in [-0.25, -0.2) is 0 Å². The summed E-state index contributed by atoms with van der Waals surface area (Å²) in [6, 6.07) is 8.02. The first kappa shape index (κ1) is 16.6. The maximum atomic E-state index is 12.2. The molecule has 25 heavy (non-hydrogen) atoms. The Hall–Kier alpha value is -1.88. The molecule has 1 aromatic heterocycles. The topological polar surface area (TPSA) is 51.1 Å². The van der Waals surface area contributed by atoms with Gasteiger partial charge in [-0.2, -0.15) is 0 Å². The number of carbonyl (C=O) groups is 2. The van der Waals surface area contributed by atoms with Gasteiger partial charge in [0.15, 0.2) is 0 Å². The maximum Gasteiger partial charge on any atom is 0.227 e. The number of nitrogens with one attached hydrogen (secondary N) is 1. The third-order valence-electron chi connectivity index (χ3n) is 4.81. The molecule has 2 fully saturated rings. The Balaban J connectivity index is 1.63. The van der Waals surface area contributed by atoms with Crippen molar-refractivity contribution in [2.75, 3.05) is 5.32 Å². The van der Waals surface area contributed by atoms with Crippen molar-refractivity contribution in [3.63, 3.8) is 0 Å². The Labute approximate surface area is 155 Å². The van der Waals surface area contributed by atoms with Crippen LogP contribution in [0.15, 0.2) is 36.7 Å². The van der Waals surface area contributed by atoms with Crippen molar-refractivity contribution in [2.45, 2.75) is 37.4 Å². The van der Waals surface area contributed by atoms with Crippen LogP contribution in [0.5, 0.6) is 0 Å². The minimum Gasteiger partial charge on any atom is -0.326 e. The number of halogens is 1. The molecule has 1 aromatic carbocycles. The summed E-state index contributed by atoms with van der Waals surface area (Å²) in [5, 5.41) is 3.82. The summed E-state index contributed by atoms with van der Waals surface area (Å²) in [6.45, 7) is 0. The zero-order chi connectivity index (χ0) is 17.4. The van der Waals surface area contributed by atoms with E-state index in [4.69, 9.17) is 0 Å². The van der Waals surface area contributed by atoms with E-state index in [-0.39, 0.29) is 17.7 Å². The van der Waals surface area contributed by atoms with Crippen molar-refractivity contribution < 1.29 is 9.59 Å². The molecular formula is C20H21BrN2O2. The number of benzene rings is 1. The molecule has 1 amide bonds. The number of alkyl halides is 1.